The fourth-order valence-electron chi connectivity index (χ4n) is 2.74. The fraction of sp³-hybridized carbons (Fsp3) is 0.182. The molecule has 0 aliphatic rings. The minimum Gasteiger partial charge on any atom is -0.503 e. The average Bonchev–Trinajstić information content (AvgIpc) is 2.73. The summed E-state index contributed by atoms with van der Waals surface area (Å²) in [4.78, 5) is 23.6. The molecule has 0 fully saturated rings. The lowest BCUT2D eigenvalue weighted by molar-refractivity contribution is 0.0952. The van der Waals surface area contributed by atoms with Gasteiger partial charge in [-0.05, 0) is 36.8 Å². The second kappa shape index (κ2) is 8.90. The Labute approximate surface area is 163 Å². The van der Waals surface area contributed by atoms with Crippen molar-refractivity contribution in [2.24, 2.45) is 0 Å². The van der Waals surface area contributed by atoms with Gasteiger partial charge in [0.15, 0.2) is 5.75 Å². The first-order valence-corrected chi connectivity index (χ1v) is 8.98. The largest absolute Gasteiger partial charge is 0.503 e. The number of carbonyl (C=O) groups is 1. The van der Waals surface area contributed by atoms with Crippen molar-refractivity contribution < 1.29 is 14.6 Å². The van der Waals surface area contributed by atoms with Crippen molar-refractivity contribution >= 4 is 5.91 Å². The first-order valence-electron chi connectivity index (χ1n) is 8.98. The summed E-state index contributed by atoms with van der Waals surface area (Å²) < 4.78 is 7.44. The average molecular weight is 378 g/mol. The Balaban J connectivity index is 1.51. The molecular formula is C22H22N2O4. The molecule has 0 bridgehead atoms. The molecule has 1 heterocycles. The molecule has 2 aromatic carbocycles. The van der Waals surface area contributed by atoms with Crippen molar-refractivity contribution in [1.29, 1.82) is 0 Å². The van der Waals surface area contributed by atoms with E-state index in [-0.39, 0.29) is 11.7 Å². The number of pyridine rings is 1. The number of amides is 1. The molecule has 0 radical (unpaired) electrons. The molecule has 28 heavy (non-hydrogen) atoms. The van der Waals surface area contributed by atoms with Crippen molar-refractivity contribution in [3.05, 3.63) is 93.9 Å². The Morgan fingerprint density at radius 3 is 2.50 bits per heavy atom. The van der Waals surface area contributed by atoms with Gasteiger partial charge in [-0.1, -0.05) is 30.3 Å². The van der Waals surface area contributed by atoms with Crippen molar-refractivity contribution in [1.82, 2.24) is 9.88 Å². The van der Waals surface area contributed by atoms with E-state index in [0.717, 1.165) is 5.56 Å². The van der Waals surface area contributed by atoms with Crippen LogP contribution in [-0.2, 0) is 13.2 Å². The van der Waals surface area contributed by atoms with Crippen molar-refractivity contribution in [2.75, 3.05) is 6.54 Å². The van der Waals surface area contributed by atoms with Crippen LogP contribution in [0, 0.1) is 6.92 Å². The number of benzene rings is 2. The molecule has 0 unspecified atom stereocenters. The summed E-state index contributed by atoms with van der Waals surface area (Å²) in [5.74, 6) is 0.234. The third-order valence-corrected chi connectivity index (χ3v) is 4.42. The molecule has 3 rings (SSSR count). The molecule has 0 spiro atoms. The van der Waals surface area contributed by atoms with Crippen LogP contribution in [0.15, 0.2) is 71.7 Å². The Bertz CT molecular complexity index is 995. The highest BCUT2D eigenvalue weighted by molar-refractivity contribution is 5.94. The zero-order valence-electron chi connectivity index (χ0n) is 15.6. The molecule has 0 aliphatic carbocycles. The second-order valence-corrected chi connectivity index (χ2v) is 6.36. The van der Waals surface area contributed by atoms with Crippen LogP contribution in [0.3, 0.4) is 0 Å². The molecule has 6 heteroatoms. The maximum absolute atomic E-state index is 12.3. The third-order valence-electron chi connectivity index (χ3n) is 4.42. The number of aromatic hydroxyl groups is 1. The van der Waals surface area contributed by atoms with E-state index in [1.165, 1.54) is 6.07 Å². The van der Waals surface area contributed by atoms with Gasteiger partial charge in [0.2, 0.25) is 5.43 Å². The van der Waals surface area contributed by atoms with E-state index in [1.54, 1.807) is 42.0 Å². The Kier molecular flexibility index (Phi) is 6.11. The smallest absolute Gasteiger partial charge is 0.251 e. The lowest BCUT2D eigenvalue weighted by Gasteiger charge is -2.12. The quantitative estimate of drug-likeness (QED) is 0.662. The van der Waals surface area contributed by atoms with Gasteiger partial charge in [-0.25, -0.2) is 0 Å². The Hall–Kier alpha value is -3.54. The first kappa shape index (κ1) is 19.2. The Morgan fingerprint density at radius 2 is 1.79 bits per heavy atom. The number of ether oxygens (including phenoxy) is 1. The van der Waals surface area contributed by atoms with E-state index < -0.39 is 5.43 Å². The van der Waals surface area contributed by atoms with Gasteiger partial charge in [0.25, 0.3) is 5.91 Å². The standard InChI is InChI=1S/C22H22N2O4/c1-16-21(26)20(25)11-13-24(16)14-12-23-22(27)18-7-9-19(10-8-18)28-15-17-5-3-2-4-6-17/h2-11,13,26H,12,14-15H2,1H3,(H,23,27). The minimum absolute atomic E-state index is 0.197. The first-order chi connectivity index (χ1) is 13.5. The van der Waals surface area contributed by atoms with Crippen LogP contribution in [0.2, 0.25) is 0 Å². The molecule has 0 aliphatic heterocycles. The lowest BCUT2D eigenvalue weighted by atomic mass is 10.2. The van der Waals surface area contributed by atoms with Gasteiger partial charge in [0.05, 0.1) is 5.69 Å². The van der Waals surface area contributed by atoms with E-state index in [9.17, 15) is 14.7 Å². The van der Waals surface area contributed by atoms with Gasteiger partial charge < -0.3 is 19.7 Å². The van der Waals surface area contributed by atoms with Crippen LogP contribution in [0.25, 0.3) is 0 Å². The monoisotopic (exact) mass is 378 g/mol. The molecule has 6 nitrogen and oxygen atoms in total. The van der Waals surface area contributed by atoms with Crippen LogP contribution >= 0.6 is 0 Å². The minimum atomic E-state index is -0.410. The van der Waals surface area contributed by atoms with Crippen LogP contribution in [0.5, 0.6) is 11.5 Å². The molecule has 3 aromatic rings. The zero-order valence-corrected chi connectivity index (χ0v) is 15.6. The fourth-order valence-corrected chi connectivity index (χ4v) is 2.74. The molecule has 0 saturated heterocycles. The van der Waals surface area contributed by atoms with E-state index in [2.05, 4.69) is 5.32 Å². The summed E-state index contributed by atoms with van der Waals surface area (Å²) in [6.07, 6.45) is 1.60. The predicted octanol–water partition coefficient (Wildman–Crippen LogP) is 2.87. The molecule has 0 atom stereocenters. The normalized spacial score (nSPS) is 10.5. The Morgan fingerprint density at radius 1 is 1.07 bits per heavy atom. The number of nitrogens with one attached hydrogen (secondary N) is 1. The van der Waals surface area contributed by atoms with E-state index in [1.807, 2.05) is 30.3 Å². The zero-order chi connectivity index (χ0) is 19.9. The van der Waals surface area contributed by atoms with Gasteiger partial charge in [0.1, 0.15) is 12.4 Å². The van der Waals surface area contributed by atoms with Gasteiger partial charge in [-0.3, -0.25) is 9.59 Å². The molecule has 1 aromatic heterocycles. The molecule has 0 saturated carbocycles. The van der Waals surface area contributed by atoms with E-state index in [4.69, 9.17) is 4.74 Å². The summed E-state index contributed by atoms with van der Waals surface area (Å²) in [7, 11) is 0. The van der Waals surface area contributed by atoms with Crippen LogP contribution in [-0.4, -0.2) is 22.1 Å². The number of nitrogens with zero attached hydrogens (tertiary/aromatic N) is 1. The van der Waals surface area contributed by atoms with E-state index >= 15 is 0 Å². The molecule has 1 amide bonds. The summed E-state index contributed by atoms with van der Waals surface area (Å²) in [6, 6.07) is 18.1. The van der Waals surface area contributed by atoms with Crippen molar-refractivity contribution in [3.8, 4) is 11.5 Å². The van der Waals surface area contributed by atoms with Gasteiger partial charge in [-0.2, -0.15) is 0 Å². The number of carbonyl (C=O) groups excluding carboxylic acids is 1. The van der Waals surface area contributed by atoms with Crippen LogP contribution in [0.1, 0.15) is 21.6 Å². The van der Waals surface area contributed by atoms with Crippen LogP contribution in [0.4, 0.5) is 0 Å². The number of aromatic nitrogens is 1. The molecule has 2 N–H and O–H groups in total. The molecule has 144 valence electrons. The molecular weight excluding hydrogens is 356 g/mol. The second-order valence-electron chi connectivity index (χ2n) is 6.36. The number of hydrogen-bond acceptors (Lipinski definition) is 4. The van der Waals surface area contributed by atoms with Crippen molar-refractivity contribution in [2.45, 2.75) is 20.1 Å². The van der Waals surface area contributed by atoms with Crippen molar-refractivity contribution in [3.63, 3.8) is 0 Å². The highest BCUT2D eigenvalue weighted by Crippen LogP contribution is 2.14. The highest BCUT2D eigenvalue weighted by Gasteiger charge is 2.08. The summed E-state index contributed by atoms with van der Waals surface area (Å²) in [5.41, 5.74) is 1.67. The SMILES string of the molecule is Cc1c(O)c(=O)ccn1CCNC(=O)c1ccc(OCc2ccccc2)cc1. The maximum atomic E-state index is 12.3. The topological polar surface area (TPSA) is 80.6 Å². The lowest BCUT2D eigenvalue weighted by Crippen LogP contribution is -2.28. The summed E-state index contributed by atoms with van der Waals surface area (Å²) in [5, 5.41) is 12.5. The van der Waals surface area contributed by atoms with E-state index in [0.29, 0.717) is 36.7 Å². The highest BCUT2D eigenvalue weighted by atomic mass is 16.5. The number of rotatable bonds is 7. The summed E-state index contributed by atoms with van der Waals surface area (Å²) in [6.45, 7) is 2.95. The summed E-state index contributed by atoms with van der Waals surface area (Å²) >= 11 is 0. The van der Waals surface area contributed by atoms with Gasteiger partial charge >= 0.3 is 0 Å². The number of hydrogen-bond donors (Lipinski definition) is 2. The maximum Gasteiger partial charge on any atom is 0.251 e. The predicted molar refractivity (Wildman–Crippen MR) is 107 cm³/mol. The van der Waals surface area contributed by atoms with Crippen LogP contribution < -0.4 is 15.5 Å². The van der Waals surface area contributed by atoms with Gasteiger partial charge in [0, 0.05) is 30.9 Å². The third kappa shape index (κ3) is 4.79. The van der Waals surface area contributed by atoms with Gasteiger partial charge in [-0.15, -0.1) is 0 Å².